The summed E-state index contributed by atoms with van der Waals surface area (Å²) in [5, 5.41) is 11.0. The number of furan rings is 1. The highest BCUT2D eigenvalue weighted by Crippen LogP contribution is 2.14. The lowest BCUT2D eigenvalue weighted by Gasteiger charge is -1.95. The molecule has 15 heavy (non-hydrogen) atoms. The molecule has 0 aromatic carbocycles. The van der Waals surface area contributed by atoms with Crippen molar-refractivity contribution in [2.45, 2.75) is 13.1 Å². The van der Waals surface area contributed by atoms with E-state index in [1.54, 1.807) is 4.68 Å². The summed E-state index contributed by atoms with van der Waals surface area (Å²) in [5.74, 6) is 0.850. The standard InChI is InChI=1S/C9H11BrN4O/c1-11-4-7-5-14(13-12-7)6-8-2-3-9(10)15-8/h2-3,5,11H,4,6H2,1H3. The largest absolute Gasteiger partial charge is 0.452 e. The second kappa shape index (κ2) is 4.59. The van der Waals surface area contributed by atoms with Gasteiger partial charge < -0.3 is 9.73 Å². The molecule has 0 aliphatic heterocycles. The fourth-order valence-corrected chi connectivity index (χ4v) is 1.61. The van der Waals surface area contributed by atoms with Gasteiger partial charge in [0.2, 0.25) is 0 Å². The van der Waals surface area contributed by atoms with Gasteiger partial charge in [0, 0.05) is 6.54 Å². The zero-order valence-corrected chi connectivity index (χ0v) is 9.86. The van der Waals surface area contributed by atoms with Crippen LogP contribution in [0, 0.1) is 0 Å². The van der Waals surface area contributed by atoms with Gasteiger partial charge in [0.05, 0.1) is 11.9 Å². The van der Waals surface area contributed by atoms with Crippen LogP contribution in [0.5, 0.6) is 0 Å². The van der Waals surface area contributed by atoms with Crippen LogP contribution in [0.1, 0.15) is 11.5 Å². The van der Waals surface area contributed by atoms with Gasteiger partial charge in [-0.25, -0.2) is 4.68 Å². The van der Waals surface area contributed by atoms with Crippen molar-refractivity contribution in [3.05, 3.63) is 34.5 Å². The molecule has 0 fully saturated rings. The van der Waals surface area contributed by atoms with Crippen LogP contribution in [0.2, 0.25) is 0 Å². The molecule has 6 heteroatoms. The Kier molecular flexibility index (Phi) is 3.17. The highest BCUT2D eigenvalue weighted by Gasteiger charge is 2.03. The molecule has 5 nitrogen and oxygen atoms in total. The lowest BCUT2D eigenvalue weighted by atomic mass is 10.4. The fourth-order valence-electron chi connectivity index (χ4n) is 1.27. The van der Waals surface area contributed by atoms with Crippen molar-refractivity contribution in [1.29, 1.82) is 0 Å². The van der Waals surface area contributed by atoms with Crippen LogP contribution in [-0.4, -0.2) is 22.0 Å². The van der Waals surface area contributed by atoms with E-state index in [1.165, 1.54) is 0 Å². The van der Waals surface area contributed by atoms with Gasteiger partial charge in [-0.1, -0.05) is 5.21 Å². The van der Waals surface area contributed by atoms with E-state index in [4.69, 9.17) is 4.42 Å². The second-order valence-corrected chi connectivity index (χ2v) is 3.93. The zero-order chi connectivity index (χ0) is 10.7. The lowest BCUT2D eigenvalue weighted by Crippen LogP contribution is -2.05. The third-order valence-corrected chi connectivity index (χ3v) is 2.32. The molecule has 2 heterocycles. The predicted molar refractivity (Wildman–Crippen MR) is 58.3 cm³/mol. The Morgan fingerprint density at radius 3 is 3.07 bits per heavy atom. The maximum Gasteiger partial charge on any atom is 0.169 e. The van der Waals surface area contributed by atoms with Gasteiger partial charge in [0.15, 0.2) is 4.67 Å². The Balaban J connectivity index is 2.04. The Labute approximate surface area is 95.6 Å². The molecule has 0 unspecified atom stereocenters. The number of hydrogen-bond donors (Lipinski definition) is 1. The van der Waals surface area contributed by atoms with E-state index < -0.39 is 0 Å². The molecule has 0 aliphatic rings. The monoisotopic (exact) mass is 270 g/mol. The first-order valence-corrected chi connectivity index (χ1v) is 5.35. The van der Waals surface area contributed by atoms with E-state index >= 15 is 0 Å². The quantitative estimate of drug-likeness (QED) is 0.913. The van der Waals surface area contributed by atoms with E-state index in [9.17, 15) is 0 Å². The molecule has 0 radical (unpaired) electrons. The zero-order valence-electron chi connectivity index (χ0n) is 8.27. The maximum atomic E-state index is 5.37. The summed E-state index contributed by atoms with van der Waals surface area (Å²) in [7, 11) is 1.88. The van der Waals surface area contributed by atoms with Crippen molar-refractivity contribution in [3.63, 3.8) is 0 Å². The lowest BCUT2D eigenvalue weighted by molar-refractivity contribution is 0.459. The number of hydrogen-bond acceptors (Lipinski definition) is 4. The Hall–Kier alpha value is -1.14. The minimum atomic E-state index is 0.600. The Bertz CT molecular complexity index is 437. The summed E-state index contributed by atoms with van der Waals surface area (Å²) >= 11 is 3.25. The predicted octanol–water partition coefficient (Wildman–Crippen LogP) is 1.40. The van der Waals surface area contributed by atoms with Crippen LogP contribution in [0.15, 0.2) is 27.4 Å². The summed E-state index contributed by atoms with van der Waals surface area (Å²) in [6.07, 6.45) is 1.90. The highest BCUT2D eigenvalue weighted by atomic mass is 79.9. The molecule has 2 aromatic heterocycles. The van der Waals surface area contributed by atoms with Gasteiger partial charge in [0.25, 0.3) is 0 Å². The normalized spacial score (nSPS) is 10.8. The third-order valence-electron chi connectivity index (χ3n) is 1.89. The summed E-state index contributed by atoms with van der Waals surface area (Å²) < 4.78 is 7.85. The molecule has 0 aliphatic carbocycles. The van der Waals surface area contributed by atoms with Crippen molar-refractivity contribution in [2.75, 3.05) is 7.05 Å². The van der Waals surface area contributed by atoms with E-state index in [0.29, 0.717) is 6.54 Å². The van der Waals surface area contributed by atoms with Crippen LogP contribution >= 0.6 is 15.9 Å². The van der Waals surface area contributed by atoms with Crippen molar-refractivity contribution in [2.24, 2.45) is 0 Å². The fraction of sp³-hybridized carbons (Fsp3) is 0.333. The van der Waals surface area contributed by atoms with Crippen LogP contribution < -0.4 is 5.32 Å². The molecule has 0 bridgehead atoms. The van der Waals surface area contributed by atoms with Crippen molar-refractivity contribution in [3.8, 4) is 0 Å². The van der Waals surface area contributed by atoms with Crippen molar-refractivity contribution >= 4 is 15.9 Å². The van der Waals surface area contributed by atoms with Crippen molar-refractivity contribution in [1.82, 2.24) is 20.3 Å². The molecule has 0 saturated carbocycles. The summed E-state index contributed by atoms with van der Waals surface area (Å²) in [5.41, 5.74) is 0.920. The topological polar surface area (TPSA) is 55.9 Å². The summed E-state index contributed by atoms with van der Waals surface area (Å²) in [6, 6.07) is 3.77. The maximum absolute atomic E-state index is 5.37. The minimum absolute atomic E-state index is 0.600. The van der Waals surface area contributed by atoms with Crippen LogP contribution in [-0.2, 0) is 13.1 Å². The van der Waals surface area contributed by atoms with Crippen molar-refractivity contribution < 1.29 is 4.42 Å². The first-order valence-electron chi connectivity index (χ1n) is 4.56. The van der Waals surface area contributed by atoms with Gasteiger partial charge in [-0.3, -0.25) is 0 Å². The van der Waals surface area contributed by atoms with E-state index in [0.717, 1.165) is 22.7 Å². The number of halogens is 1. The van der Waals surface area contributed by atoms with Gasteiger partial charge >= 0.3 is 0 Å². The molecule has 0 atom stereocenters. The molecule has 0 amide bonds. The van der Waals surface area contributed by atoms with Crippen LogP contribution in [0.4, 0.5) is 0 Å². The van der Waals surface area contributed by atoms with E-state index in [2.05, 4.69) is 31.6 Å². The molecule has 2 rings (SSSR count). The molecular weight excluding hydrogens is 260 g/mol. The number of nitrogens with one attached hydrogen (secondary N) is 1. The number of aromatic nitrogens is 3. The van der Waals surface area contributed by atoms with Gasteiger partial charge in [-0.05, 0) is 35.1 Å². The molecule has 2 aromatic rings. The second-order valence-electron chi connectivity index (χ2n) is 3.14. The number of rotatable bonds is 4. The first-order chi connectivity index (χ1) is 7.28. The van der Waals surface area contributed by atoms with Gasteiger partial charge in [-0.15, -0.1) is 5.10 Å². The van der Waals surface area contributed by atoms with E-state index in [-0.39, 0.29) is 0 Å². The average Bonchev–Trinajstić information content (AvgIpc) is 2.78. The summed E-state index contributed by atoms with van der Waals surface area (Å²) in [6.45, 7) is 1.32. The van der Waals surface area contributed by atoms with Gasteiger partial charge in [0.1, 0.15) is 12.3 Å². The smallest absolute Gasteiger partial charge is 0.169 e. The molecular formula is C9H11BrN4O. The molecule has 0 spiro atoms. The summed E-state index contributed by atoms with van der Waals surface area (Å²) in [4.78, 5) is 0. The molecule has 1 N–H and O–H groups in total. The average molecular weight is 271 g/mol. The minimum Gasteiger partial charge on any atom is -0.452 e. The SMILES string of the molecule is CNCc1cn(Cc2ccc(Br)o2)nn1. The van der Waals surface area contributed by atoms with E-state index in [1.807, 2.05) is 25.4 Å². The van der Waals surface area contributed by atoms with Gasteiger partial charge in [-0.2, -0.15) is 0 Å². The Morgan fingerprint density at radius 2 is 2.40 bits per heavy atom. The van der Waals surface area contributed by atoms with Crippen LogP contribution in [0.3, 0.4) is 0 Å². The molecule has 0 saturated heterocycles. The highest BCUT2D eigenvalue weighted by molar-refractivity contribution is 9.10. The number of nitrogens with zero attached hydrogens (tertiary/aromatic N) is 3. The van der Waals surface area contributed by atoms with Crippen LogP contribution in [0.25, 0.3) is 0 Å². The molecule has 80 valence electrons. The first kappa shape index (κ1) is 10.4. The Morgan fingerprint density at radius 1 is 1.53 bits per heavy atom. The third kappa shape index (κ3) is 2.66.